The monoisotopic (exact) mass is 574 g/mol. The molecule has 0 spiro atoms. The number of hydrogen-bond donors (Lipinski definition) is 0. The van der Waals surface area contributed by atoms with Crippen LogP contribution in [0.15, 0.2) is 76.6 Å². The maximum atomic E-state index is 15.1. The van der Waals surface area contributed by atoms with Crippen molar-refractivity contribution >= 4 is 23.3 Å². The third-order valence-electron chi connectivity index (χ3n) is 9.09. The first kappa shape index (κ1) is 33.0. The summed E-state index contributed by atoms with van der Waals surface area (Å²) in [4.78, 5) is 56.1. The molecule has 3 rings (SSSR count). The highest BCUT2D eigenvalue weighted by Crippen LogP contribution is 2.67. The van der Waals surface area contributed by atoms with Gasteiger partial charge in [-0.1, -0.05) is 73.6 Å². The second kappa shape index (κ2) is 12.8. The van der Waals surface area contributed by atoms with E-state index in [1.165, 1.54) is 14.0 Å². The molecular weight excluding hydrogens is 528 g/mol. The first-order valence-electron chi connectivity index (χ1n) is 14.7. The Morgan fingerprint density at radius 3 is 2.10 bits per heavy atom. The molecule has 3 atom stereocenters. The van der Waals surface area contributed by atoms with Crippen LogP contribution in [0, 0.1) is 22.2 Å². The molecule has 6 heteroatoms. The Hall–Kier alpha value is -3.54. The van der Waals surface area contributed by atoms with Crippen LogP contribution in [-0.2, 0) is 23.9 Å². The van der Waals surface area contributed by atoms with Gasteiger partial charge in [0, 0.05) is 18.1 Å². The van der Waals surface area contributed by atoms with Crippen molar-refractivity contribution in [3.63, 3.8) is 0 Å². The Labute approximate surface area is 250 Å². The molecule has 0 unspecified atom stereocenters. The minimum Gasteiger partial charge on any atom is -0.499 e. The van der Waals surface area contributed by atoms with Crippen LogP contribution in [0.3, 0.4) is 0 Å². The van der Waals surface area contributed by atoms with E-state index in [4.69, 9.17) is 9.47 Å². The van der Waals surface area contributed by atoms with Gasteiger partial charge in [0.15, 0.2) is 22.8 Å². The number of fused-ring (bicyclic) bond motifs is 2. The van der Waals surface area contributed by atoms with Gasteiger partial charge < -0.3 is 9.47 Å². The van der Waals surface area contributed by atoms with Gasteiger partial charge in [-0.25, -0.2) is 0 Å². The molecule has 0 saturated heterocycles. The predicted molar refractivity (Wildman–Crippen MR) is 165 cm³/mol. The van der Waals surface area contributed by atoms with Crippen LogP contribution in [0.5, 0.6) is 0 Å². The zero-order chi connectivity index (χ0) is 31.5. The molecule has 0 N–H and O–H groups in total. The topological polar surface area (TPSA) is 86.7 Å². The van der Waals surface area contributed by atoms with Crippen molar-refractivity contribution in [1.29, 1.82) is 0 Å². The molecule has 2 bridgehead atoms. The van der Waals surface area contributed by atoms with E-state index in [1.54, 1.807) is 24.3 Å². The third kappa shape index (κ3) is 5.73. The van der Waals surface area contributed by atoms with E-state index in [0.29, 0.717) is 24.0 Å². The highest BCUT2D eigenvalue weighted by atomic mass is 16.5. The molecule has 1 aromatic rings. The summed E-state index contributed by atoms with van der Waals surface area (Å²) in [5, 5.41) is 0. The summed E-state index contributed by atoms with van der Waals surface area (Å²) in [6.07, 6.45) is 7.20. The van der Waals surface area contributed by atoms with Crippen molar-refractivity contribution in [3.05, 3.63) is 82.2 Å². The van der Waals surface area contributed by atoms with E-state index < -0.39 is 16.2 Å². The van der Waals surface area contributed by atoms with Crippen LogP contribution in [0.2, 0.25) is 0 Å². The number of methoxy groups -OCH3 is 1. The van der Waals surface area contributed by atoms with Gasteiger partial charge >= 0.3 is 5.97 Å². The Morgan fingerprint density at radius 1 is 0.929 bits per heavy atom. The summed E-state index contributed by atoms with van der Waals surface area (Å²) < 4.78 is 11.2. The molecule has 2 aliphatic carbocycles. The number of Topliss-reactive ketones (excluding diaryl/α,β-unsaturated/α-hetero) is 3. The van der Waals surface area contributed by atoms with Crippen molar-refractivity contribution in [1.82, 2.24) is 0 Å². The van der Waals surface area contributed by atoms with Crippen LogP contribution in [0.1, 0.15) is 91.4 Å². The Kier molecular flexibility index (Phi) is 10.0. The molecule has 226 valence electrons. The zero-order valence-electron chi connectivity index (χ0n) is 26.7. The number of ketones is 3. The van der Waals surface area contributed by atoms with Gasteiger partial charge in [-0.2, -0.15) is 0 Å². The van der Waals surface area contributed by atoms with Gasteiger partial charge in [-0.05, 0) is 77.2 Å². The van der Waals surface area contributed by atoms with Gasteiger partial charge in [-0.3, -0.25) is 19.2 Å². The fourth-order valence-electron chi connectivity index (χ4n) is 6.65. The van der Waals surface area contributed by atoms with Crippen molar-refractivity contribution in [2.24, 2.45) is 22.2 Å². The highest BCUT2D eigenvalue weighted by molar-refractivity contribution is 6.30. The number of esters is 1. The van der Waals surface area contributed by atoms with Crippen LogP contribution in [0.25, 0.3) is 0 Å². The Bertz CT molecular complexity index is 1360. The largest absolute Gasteiger partial charge is 0.499 e. The van der Waals surface area contributed by atoms with Crippen molar-refractivity contribution in [3.8, 4) is 0 Å². The first-order valence-corrected chi connectivity index (χ1v) is 14.7. The molecular formula is C36H46O6. The molecule has 0 aromatic heterocycles. The van der Waals surface area contributed by atoms with Crippen molar-refractivity contribution in [2.75, 3.05) is 13.7 Å². The van der Waals surface area contributed by atoms with E-state index in [2.05, 4.69) is 0 Å². The summed E-state index contributed by atoms with van der Waals surface area (Å²) in [5.74, 6) is -1.39. The molecule has 6 nitrogen and oxygen atoms in total. The van der Waals surface area contributed by atoms with Gasteiger partial charge in [0.05, 0.1) is 12.5 Å². The van der Waals surface area contributed by atoms with Crippen LogP contribution >= 0.6 is 0 Å². The molecule has 0 radical (unpaired) electrons. The summed E-state index contributed by atoms with van der Waals surface area (Å²) in [5.41, 5.74) is -0.351. The van der Waals surface area contributed by atoms with Gasteiger partial charge in [0.1, 0.15) is 12.4 Å². The molecule has 42 heavy (non-hydrogen) atoms. The Morgan fingerprint density at radius 2 is 1.55 bits per heavy atom. The lowest BCUT2D eigenvalue weighted by Crippen LogP contribution is -2.68. The van der Waals surface area contributed by atoms with E-state index in [9.17, 15) is 14.4 Å². The number of carbonyl (C=O) groups is 4. The first-order chi connectivity index (χ1) is 19.7. The smallest absolute Gasteiger partial charge is 0.302 e. The lowest BCUT2D eigenvalue weighted by atomic mass is 9.39. The fourth-order valence-corrected chi connectivity index (χ4v) is 6.65. The second-order valence-electron chi connectivity index (χ2n) is 12.9. The van der Waals surface area contributed by atoms with Gasteiger partial charge in [0.2, 0.25) is 0 Å². The molecule has 0 aliphatic heterocycles. The lowest BCUT2D eigenvalue weighted by molar-refractivity contribution is -0.164. The number of ether oxygens (including phenoxy) is 2. The normalized spacial score (nSPS) is 25.1. The average Bonchev–Trinajstić information content (AvgIpc) is 2.93. The van der Waals surface area contributed by atoms with E-state index in [0.717, 1.165) is 16.7 Å². The SMILES string of the molecule is COC1=C(CC=C(C)C)C(=O)[C@]2(CC=C(C)C)C[C@H](C/C=C(\C)COC(C)=O)C(C)(C)[C@@]1(C(=O)c1ccccc1)C2=O. The minimum atomic E-state index is -1.71. The molecule has 1 saturated carbocycles. The standard InChI is InChI=1S/C36H46O6/c1-23(2)15-18-29-31(39)35(20-19-24(3)4)21-28(17-16-25(5)22-42-26(6)37)34(7,8)36(33(35)40,32(29)41-9)30(38)27-13-11-10-12-14-27/h10-16,19,28H,17-18,20-22H2,1-9H3/b25-16+/t28-,35-,36+/m0/s1. The molecule has 1 fully saturated rings. The van der Waals surface area contributed by atoms with Crippen molar-refractivity contribution < 1.29 is 28.7 Å². The predicted octanol–water partition coefficient (Wildman–Crippen LogP) is 7.55. The van der Waals surface area contributed by atoms with Crippen molar-refractivity contribution in [2.45, 2.75) is 81.1 Å². The van der Waals surface area contributed by atoms with Crippen LogP contribution < -0.4 is 0 Å². The third-order valence-corrected chi connectivity index (χ3v) is 9.09. The number of benzene rings is 1. The van der Waals surface area contributed by atoms with Gasteiger partial charge in [-0.15, -0.1) is 0 Å². The quantitative estimate of drug-likeness (QED) is 0.117. The Balaban J connectivity index is 2.41. The van der Waals surface area contributed by atoms with E-state index in [1.807, 2.05) is 72.8 Å². The summed E-state index contributed by atoms with van der Waals surface area (Å²) in [6.45, 7) is 15.2. The highest BCUT2D eigenvalue weighted by Gasteiger charge is 2.74. The fraction of sp³-hybridized carbons (Fsp3) is 0.500. The summed E-state index contributed by atoms with van der Waals surface area (Å²) >= 11 is 0. The van der Waals surface area contributed by atoms with Crippen LogP contribution in [0.4, 0.5) is 0 Å². The van der Waals surface area contributed by atoms with E-state index >= 15 is 4.79 Å². The van der Waals surface area contributed by atoms with Crippen LogP contribution in [-0.4, -0.2) is 37.0 Å². The van der Waals surface area contributed by atoms with E-state index in [-0.39, 0.29) is 54.4 Å². The second-order valence-corrected chi connectivity index (χ2v) is 12.9. The maximum absolute atomic E-state index is 15.1. The number of rotatable bonds is 11. The molecule has 0 amide bonds. The molecule has 1 aromatic carbocycles. The average molecular weight is 575 g/mol. The number of carbonyl (C=O) groups excluding carboxylic acids is 4. The number of allylic oxidation sites excluding steroid dienone is 7. The summed E-state index contributed by atoms with van der Waals surface area (Å²) in [7, 11) is 1.46. The zero-order valence-corrected chi connectivity index (χ0v) is 26.7. The lowest BCUT2D eigenvalue weighted by Gasteiger charge is -2.60. The minimum absolute atomic E-state index is 0.160. The maximum Gasteiger partial charge on any atom is 0.302 e. The molecule has 0 heterocycles. The van der Waals surface area contributed by atoms with Gasteiger partial charge in [0.25, 0.3) is 0 Å². The molecule has 2 aliphatic rings. The summed E-state index contributed by atoms with van der Waals surface area (Å²) in [6, 6.07) is 8.86. The number of hydrogen-bond acceptors (Lipinski definition) is 6.